The van der Waals surface area contributed by atoms with Crippen molar-refractivity contribution in [3.05, 3.63) is 0 Å². The minimum absolute atomic E-state index is 0.330. The highest BCUT2D eigenvalue weighted by atomic mass is 31.2. The van der Waals surface area contributed by atoms with Gasteiger partial charge in [-0.25, -0.2) is 4.57 Å². The Bertz CT molecular complexity index is 597. The molecule has 0 aromatic heterocycles. The van der Waals surface area contributed by atoms with Crippen LogP contribution in [0.1, 0.15) is 214 Å². The predicted molar refractivity (Wildman–Crippen MR) is 216 cm³/mol. The molecule has 6 nitrogen and oxygen atoms in total. The molecule has 0 spiro atoms. The van der Waals surface area contributed by atoms with Gasteiger partial charge in [-0.2, -0.15) is 0 Å². The summed E-state index contributed by atoms with van der Waals surface area (Å²) in [6, 6.07) is 0. The molecule has 0 amide bonds. The van der Waals surface area contributed by atoms with E-state index < -0.39 is 7.82 Å². The van der Waals surface area contributed by atoms with Gasteiger partial charge in [0.2, 0.25) is 0 Å². The van der Waals surface area contributed by atoms with Gasteiger partial charge in [0.1, 0.15) is 0 Å². The third-order valence-electron chi connectivity index (χ3n) is 9.91. The van der Waals surface area contributed by atoms with Crippen LogP contribution in [-0.4, -0.2) is 68.9 Å². The third-order valence-corrected chi connectivity index (χ3v) is 11.5. The molecule has 0 atom stereocenters. The summed E-state index contributed by atoms with van der Waals surface area (Å²) in [5, 5.41) is 0. The van der Waals surface area contributed by atoms with Gasteiger partial charge < -0.3 is 9.80 Å². The summed E-state index contributed by atoms with van der Waals surface area (Å²) in [4.78, 5) is 5.06. The number of unbranched alkanes of at least 4 members (excludes halogenated alkanes) is 24. The maximum atomic E-state index is 13.6. The average Bonchev–Trinajstić information content (AvgIpc) is 3.09. The maximum Gasteiger partial charge on any atom is 0.474 e. The summed E-state index contributed by atoms with van der Waals surface area (Å²) in [6.45, 7) is 18.1. The van der Waals surface area contributed by atoms with Gasteiger partial charge >= 0.3 is 7.82 Å². The first-order chi connectivity index (χ1) is 24.0. The van der Waals surface area contributed by atoms with E-state index in [1.807, 2.05) is 6.92 Å². The molecular weight excluding hydrogens is 627 g/mol. The SMILES string of the molecule is CCCCCCCCCN(CCCCCCCCC)CCOP(=O)(OCC)OCCN(CCCCCCCCC)CCCCCCCCC. The lowest BCUT2D eigenvalue weighted by atomic mass is 10.1. The molecule has 296 valence electrons. The average molecular weight is 717 g/mol. The van der Waals surface area contributed by atoms with Crippen molar-refractivity contribution in [3.63, 3.8) is 0 Å². The Morgan fingerprint density at radius 2 is 0.571 bits per heavy atom. The van der Waals surface area contributed by atoms with Crippen LogP contribution in [0.25, 0.3) is 0 Å². The molecule has 0 saturated heterocycles. The number of phosphoric acid groups is 1. The lowest BCUT2D eigenvalue weighted by molar-refractivity contribution is 0.0943. The van der Waals surface area contributed by atoms with Crippen molar-refractivity contribution >= 4 is 7.82 Å². The Labute approximate surface area is 308 Å². The Morgan fingerprint density at radius 3 is 0.816 bits per heavy atom. The van der Waals surface area contributed by atoms with E-state index in [1.54, 1.807) is 0 Å². The Hall–Kier alpha value is 0.0300. The molecule has 0 aliphatic carbocycles. The predicted octanol–water partition coefficient (Wildman–Crippen LogP) is 13.8. The third kappa shape index (κ3) is 34.9. The molecule has 0 aliphatic rings. The fraction of sp³-hybridized carbons (Fsp3) is 1.00. The second-order valence-electron chi connectivity index (χ2n) is 14.7. The molecule has 0 bridgehead atoms. The van der Waals surface area contributed by atoms with Crippen LogP contribution in [0.2, 0.25) is 0 Å². The Morgan fingerprint density at radius 1 is 0.327 bits per heavy atom. The molecule has 0 radical (unpaired) electrons. The van der Waals surface area contributed by atoms with Crippen LogP contribution in [0.4, 0.5) is 0 Å². The molecule has 0 aromatic rings. The highest BCUT2D eigenvalue weighted by Crippen LogP contribution is 2.49. The highest BCUT2D eigenvalue weighted by molar-refractivity contribution is 7.48. The first-order valence-electron chi connectivity index (χ1n) is 22.0. The van der Waals surface area contributed by atoms with Gasteiger partial charge in [-0.15, -0.1) is 0 Å². The van der Waals surface area contributed by atoms with Crippen LogP contribution in [0, 0.1) is 0 Å². The van der Waals surface area contributed by atoms with Gasteiger partial charge in [0, 0.05) is 13.1 Å². The summed E-state index contributed by atoms with van der Waals surface area (Å²) in [5.41, 5.74) is 0. The van der Waals surface area contributed by atoms with Crippen molar-refractivity contribution in [1.82, 2.24) is 9.80 Å². The number of phosphoric ester groups is 1. The minimum atomic E-state index is -3.57. The second-order valence-corrected chi connectivity index (χ2v) is 16.4. The van der Waals surface area contributed by atoms with Gasteiger partial charge in [-0.3, -0.25) is 13.6 Å². The summed E-state index contributed by atoms with van der Waals surface area (Å²) in [6.07, 6.45) is 37.1. The molecule has 7 heteroatoms. The standard InChI is InChI=1S/C42H89N2O4P/c1-6-11-15-19-23-27-31-35-43(36-32-28-24-20-16-12-7-2)39-41-47-49(45,46-10-5)48-42-40-44(37-33-29-25-21-17-13-8-3)38-34-30-26-22-18-14-9-4/h6-42H2,1-5H3. The topological polar surface area (TPSA) is 51.2 Å². The second kappa shape index (κ2) is 39.2. The first kappa shape index (κ1) is 49.0. The summed E-state index contributed by atoms with van der Waals surface area (Å²) in [7, 11) is -3.57. The minimum Gasteiger partial charge on any atom is -0.301 e. The van der Waals surface area contributed by atoms with Crippen LogP contribution in [0.3, 0.4) is 0 Å². The van der Waals surface area contributed by atoms with Crippen LogP contribution >= 0.6 is 7.82 Å². The molecule has 0 heterocycles. The summed E-state index contributed by atoms with van der Waals surface area (Å²) >= 11 is 0. The number of hydrogen-bond donors (Lipinski definition) is 0. The highest BCUT2D eigenvalue weighted by Gasteiger charge is 2.26. The fourth-order valence-corrected chi connectivity index (χ4v) is 7.82. The molecule has 0 rings (SSSR count). The van der Waals surface area contributed by atoms with Crippen molar-refractivity contribution in [2.75, 3.05) is 59.1 Å². The van der Waals surface area contributed by atoms with E-state index in [2.05, 4.69) is 37.5 Å². The van der Waals surface area contributed by atoms with Crippen molar-refractivity contribution in [1.29, 1.82) is 0 Å². The number of hydrogen-bond acceptors (Lipinski definition) is 6. The van der Waals surface area contributed by atoms with Gasteiger partial charge in [0.15, 0.2) is 0 Å². The lowest BCUT2D eigenvalue weighted by Gasteiger charge is -2.25. The van der Waals surface area contributed by atoms with Gasteiger partial charge in [0.25, 0.3) is 0 Å². The largest absolute Gasteiger partial charge is 0.474 e. The molecule has 0 fully saturated rings. The van der Waals surface area contributed by atoms with Crippen LogP contribution in [0.5, 0.6) is 0 Å². The zero-order valence-electron chi connectivity index (χ0n) is 34.1. The molecule has 0 aromatic carbocycles. The van der Waals surface area contributed by atoms with Crippen molar-refractivity contribution in [2.45, 2.75) is 214 Å². The van der Waals surface area contributed by atoms with Crippen molar-refractivity contribution < 1.29 is 18.1 Å². The van der Waals surface area contributed by atoms with Crippen LogP contribution < -0.4 is 0 Å². The van der Waals surface area contributed by atoms with E-state index in [0.29, 0.717) is 19.8 Å². The van der Waals surface area contributed by atoms with Gasteiger partial charge in [-0.05, 0) is 58.8 Å². The summed E-state index contributed by atoms with van der Waals surface area (Å²) in [5.74, 6) is 0. The van der Waals surface area contributed by atoms with E-state index in [9.17, 15) is 4.57 Å². The Balaban J connectivity index is 4.82. The van der Waals surface area contributed by atoms with E-state index in [-0.39, 0.29) is 0 Å². The van der Waals surface area contributed by atoms with Gasteiger partial charge in [0.05, 0.1) is 19.8 Å². The van der Waals surface area contributed by atoms with Crippen LogP contribution in [0.15, 0.2) is 0 Å². The molecule has 0 aliphatic heterocycles. The van der Waals surface area contributed by atoms with Crippen LogP contribution in [-0.2, 0) is 18.1 Å². The monoisotopic (exact) mass is 717 g/mol. The van der Waals surface area contributed by atoms with E-state index in [0.717, 1.165) is 39.3 Å². The zero-order chi connectivity index (χ0) is 35.9. The fourth-order valence-electron chi connectivity index (χ4n) is 6.67. The molecular formula is C42H89N2O4P. The van der Waals surface area contributed by atoms with Gasteiger partial charge in [-0.1, -0.05) is 182 Å². The normalized spacial score (nSPS) is 12.2. The summed E-state index contributed by atoms with van der Waals surface area (Å²) < 4.78 is 31.2. The zero-order valence-corrected chi connectivity index (χ0v) is 35.0. The van der Waals surface area contributed by atoms with E-state index >= 15 is 0 Å². The molecule has 49 heavy (non-hydrogen) atoms. The molecule has 0 N–H and O–H groups in total. The maximum absolute atomic E-state index is 13.6. The Kier molecular flexibility index (Phi) is 39.3. The quantitative estimate of drug-likeness (QED) is 0.0463. The molecule has 0 unspecified atom stereocenters. The molecule has 0 saturated carbocycles. The smallest absolute Gasteiger partial charge is 0.301 e. The van der Waals surface area contributed by atoms with Crippen molar-refractivity contribution in [2.24, 2.45) is 0 Å². The van der Waals surface area contributed by atoms with E-state index in [1.165, 1.54) is 180 Å². The number of nitrogens with zero attached hydrogens (tertiary/aromatic N) is 2. The van der Waals surface area contributed by atoms with E-state index in [4.69, 9.17) is 13.6 Å². The number of rotatable bonds is 42. The first-order valence-corrected chi connectivity index (χ1v) is 23.5. The van der Waals surface area contributed by atoms with Crippen molar-refractivity contribution in [3.8, 4) is 0 Å². The lowest BCUT2D eigenvalue weighted by Crippen LogP contribution is -2.31.